The van der Waals surface area contributed by atoms with Crippen LogP contribution in [0.3, 0.4) is 0 Å². The van der Waals surface area contributed by atoms with Crippen LogP contribution in [-0.2, 0) is 4.79 Å². The van der Waals surface area contributed by atoms with Gasteiger partial charge in [-0.3, -0.25) is 4.79 Å². The summed E-state index contributed by atoms with van der Waals surface area (Å²) < 4.78 is 0. The van der Waals surface area contributed by atoms with Crippen molar-refractivity contribution in [3.05, 3.63) is 22.3 Å². The van der Waals surface area contributed by atoms with Gasteiger partial charge in [0, 0.05) is 29.3 Å². The van der Waals surface area contributed by atoms with Crippen LogP contribution in [0, 0.1) is 5.41 Å². The number of carbonyl (C=O) groups is 1. The molecular weight excluding hydrogens is 234 g/mol. The highest BCUT2D eigenvalue weighted by molar-refractivity contribution is 6.29. The van der Waals surface area contributed by atoms with Crippen molar-refractivity contribution >= 4 is 17.5 Å². The maximum absolute atomic E-state index is 11.5. The van der Waals surface area contributed by atoms with E-state index in [1.54, 1.807) is 5.57 Å². The molecule has 92 valence electrons. The van der Waals surface area contributed by atoms with Crippen LogP contribution >= 0.6 is 11.6 Å². The first-order valence-corrected chi connectivity index (χ1v) is 6.82. The number of rotatable bonds is 0. The number of amides is 1. The molecule has 0 aromatic carbocycles. The average Bonchev–Trinajstić information content (AvgIpc) is 2.30. The smallest absolute Gasteiger partial charge is 0.220 e. The van der Waals surface area contributed by atoms with E-state index >= 15 is 0 Å². The molecule has 0 unspecified atom stereocenters. The number of carbonyl (C=O) groups excluding carboxylic acids is 1. The lowest BCUT2D eigenvalue weighted by molar-refractivity contribution is -0.125. The molecule has 2 aliphatic carbocycles. The summed E-state index contributed by atoms with van der Waals surface area (Å²) in [5, 5.41) is 4.17. The molecule has 0 aromatic rings. The Balaban J connectivity index is 1.95. The van der Waals surface area contributed by atoms with Gasteiger partial charge in [0.1, 0.15) is 0 Å². The molecule has 0 spiro atoms. The number of hydrogen-bond acceptors (Lipinski definition) is 1. The van der Waals surface area contributed by atoms with Crippen LogP contribution in [0.1, 0.15) is 45.4 Å². The zero-order chi connectivity index (χ0) is 12.0. The van der Waals surface area contributed by atoms with E-state index in [4.69, 9.17) is 11.6 Å². The minimum absolute atomic E-state index is 0.176. The Labute approximate surface area is 107 Å². The van der Waals surface area contributed by atoms with Gasteiger partial charge in [-0.2, -0.15) is 0 Å². The Kier molecular flexibility index (Phi) is 2.58. The van der Waals surface area contributed by atoms with Crippen LogP contribution < -0.4 is 5.32 Å². The molecule has 2 atom stereocenters. The third-order valence-electron chi connectivity index (χ3n) is 4.74. The molecule has 3 heteroatoms. The molecule has 3 aliphatic rings. The largest absolute Gasteiger partial charge is 0.352 e. The molecule has 1 N–H and O–H groups in total. The number of fused-ring (bicyclic) bond motifs is 2. The van der Waals surface area contributed by atoms with Crippen molar-refractivity contribution in [2.75, 3.05) is 0 Å². The fourth-order valence-corrected chi connectivity index (χ4v) is 3.90. The lowest BCUT2D eigenvalue weighted by atomic mass is 9.61. The van der Waals surface area contributed by atoms with Crippen molar-refractivity contribution < 1.29 is 4.79 Å². The van der Waals surface area contributed by atoms with Crippen molar-refractivity contribution in [3.8, 4) is 0 Å². The molecule has 0 radical (unpaired) electrons. The minimum atomic E-state index is 0.176. The Morgan fingerprint density at radius 1 is 1.47 bits per heavy atom. The van der Waals surface area contributed by atoms with E-state index in [9.17, 15) is 4.79 Å². The molecule has 0 bridgehead atoms. The van der Waals surface area contributed by atoms with Gasteiger partial charge in [0.25, 0.3) is 0 Å². The van der Waals surface area contributed by atoms with Crippen LogP contribution in [0.25, 0.3) is 0 Å². The van der Waals surface area contributed by atoms with Gasteiger partial charge in [0.05, 0.1) is 0 Å². The summed E-state index contributed by atoms with van der Waals surface area (Å²) >= 11 is 6.14. The maximum Gasteiger partial charge on any atom is 0.220 e. The number of piperidine rings is 1. The second-order valence-electron chi connectivity index (χ2n) is 5.69. The number of allylic oxidation sites excluding steroid dienone is 3. The quantitative estimate of drug-likeness (QED) is 0.658. The summed E-state index contributed by atoms with van der Waals surface area (Å²) in [6, 6.07) is 0.341. The summed E-state index contributed by atoms with van der Waals surface area (Å²) in [6.45, 7) is 2.32. The summed E-state index contributed by atoms with van der Waals surface area (Å²) in [7, 11) is 0. The van der Waals surface area contributed by atoms with E-state index in [-0.39, 0.29) is 11.3 Å². The number of halogens is 1. The van der Waals surface area contributed by atoms with Crippen LogP contribution in [0.2, 0.25) is 0 Å². The molecular formula is C14H18ClNO. The predicted octanol–water partition coefficient (Wildman–Crippen LogP) is 3.28. The summed E-state index contributed by atoms with van der Waals surface area (Å²) in [5.74, 6) is 0.223. The monoisotopic (exact) mass is 251 g/mol. The van der Waals surface area contributed by atoms with Gasteiger partial charge in [-0.15, -0.1) is 0 Å². The lowest BCUT2D eigenvalue weighted by Gasteiger charge is -2.48. The van der Waals surface area contributed by atoms with Crippen LogP contribution in [0.4, 0.5) is 0 Å². The van der Waals surface area contributed by atoms with E-state index in [1.165, 1.54) is 5.57 Å². The SMILES string of the molecule is C[C@]12CCC(=O)N[C@@H]1CCC1=C2CC=C(Cl)C1. The molecule has 17 heavy (non-hydrogen) atoms. The third kappa shape index (κ3) is 1.74. The number of nitrogens with one attached hydrogen (secondary N) is 1. The first kappa shape index (κ1) is 11.3. The van der Waals surface area contributed by atoms with E-state index in [1.807, 2.05) is 0 Å². The first-order valence-electron chi connectivity index (χ1n) is 6.45. The summed E-state index contributed by atoms with van der Waals surface area (Å²) in [4.78, 5) is 11.5. The Hall–Kier alpha value is -0.760. The van der Waals surface area contributed by atoms with Gasteiger partial charge < -0.3 is 5.32 Å². The third-order valence-corrected chi connectivity index (χ3v) is 5.02. The second kappa shape index (κ2) is 3.88. The zero-order valence-electron chi connectivity index (χ0n) is 10.2. The molecule has 3 rings (SSSR count). The van der Waals surface area contributed by atoms with Crippen molar-refractivity contribution in [1.29, 1.82) is 0 Å². The molecule has 2 nitrogen and oxygen atoms in total. The highest BCUT2D eigenvalue weighted by Crippen LogP contribution is 2.50. The molecule has 0 aromatic heterocycles. The normalized spacial score (nSPS) is 36.9. The van der Waals surface area contributed by atoms with E-state index in [0.29, 0.717) is 12.5 Å². The van der Waals surface area contributed by atoms with Gasteiger partial charge in [0.15, 0.2) is 0 Å². The van der Waals surface area contributed by atoms with Crippen molar-refractivity contribution in [3.63, 3.8) is 0 Å². The predicted molar refractivity (Wildman–Crippen MR) is 68.7 cm³/mol. The Morgan fingerprint density at radius 2 is 2.29 bits per heavy atom. The van der Waals surface area contributed by atoms with Gasteiger partial charge in [-0.1, -0.05) is 35.7 Å². The molecule has 1 aliphatic heterocycles. The zero-order valence-corrected chi connectivity index (χ0v) is 10.9. The Morgan fingerprint density at radius 3 is 3.12 bits per heavy atom. The van der Waals surface area contributed by atoms with Gasteiger partial charge >= 0.3 is 0 Å². The standard InChI is InChI=1S/C14H18ClNO/c1-14-7-6-13(17)16-12(14)5-2-9-8-10(15)3-4-11(9)14/h3,12H,2,4-8H2,1H3,(H,16,17)/t12-,14-/m1/s1. The second-order valence-corrected chi connectivity index (χ2v) is 6.18. The van der Waals surface area contributed by atoms with Crippen molar-refractivity contribution in [1.82, 2.24) is 5.32 Å². The fraction of sp³-hybridized carbons (Fsp3) is 0.643. The number of hydrogen-bond donors (Lipinski definition) is 1. The molecule has 1 fully saturated rings. The molecule has 1 heterocycles. The lowest BCUT2D eigenvalue weighted by Crippen LogP contribution is -2.53. The van der Waals surface area contributed by atoms with Gasteiger partial charge in [-0.25, -0.2) is 0 Å². The topological polar surface area (TPSA) is 29.1 Å². The highest BCUT2D eigenvalue weighted by Gasteiger charge is 2.45. The van der Waals surface area contributed by atoms with Crippen LogP contribution in [0.5, 0.6) is 0 Å². The summed E-state index contributed by atoms with van der Waals surface area (Å²) in [6.07, 6.45) is 7.90. The van der Waals surface area contributed by atoms with Crippen molar-refractivity contribution in [2.24, 2.45) is 5.41 Å². The fourth-order valence-electron chi connectivity index (χ4n) is 3.66. The van der Waals surface area contributed by atoms with Gasteiger partial charge in [-0.05, 0) is 25.7 Å². The molecule has 1 saturated heterocycles. The molecule has 0 saturated carbocycles. The maximum atomic E-state index is 11.5. The van der Waals surface area contributed by atoms with Gasteiger partial charge in [0.2, 0.25) is 5.91 Å². The van der Waals surface area contributed by atoms with E-state index in [0.717, 1.165) is 37.1 Å². The minimum Gasteiger partial charge on any atom is -0.352 e. The van der Waals surface area contributed by atoms with Crippen LogP contribution in [0.15, 0.2) is 22.3 Å². The van der Waals surface area contributed by atoms with E-state index < -0.39 is 0 Å². The summed E-state index contributed by atoms with van der Waals surface area (Å²) in [5.41, 5.74) is 3.26. The van der Waals surface area contributed by atoms with E-state index in [2.05, 4.69) is 18.3 Å². The van der Waals surface area contributed by atoms with Crippen LogP contribution in [-0.4, -0.2) is 11.9 Å². The first-order chi connectivity index (χ1) is 8.09. The highest BCUT2D eigenvalue weighted by atomic mass is 35.5. The van der Waals surface area contributed by atoms with Crippen molar-refractivity contribution in [2.45, 2.75) is 51.5 Å². The Bertz CT molecular complexity index is 438. The average molecular weight is 252 g/mol. The molecule has 1 amide bonds.